The number of esters is 1. The van der Waals surface area contributed by atoms with Crippen molar-refractivity contribution in [1.29, 1.82) is 0 Å². The Kier molecular flexibility index (Phi) is 5.42. The molecule has 0 spiro atoms. The van der Waals surface area contributed by atoms with Gasteiger partial charge >= 0.3 is 12.0 Å². The molecule has 124 valence electrons. The van der Waals surface area contributed by atoms with Gasteiger partial charge in [0.2, 0.25) is 0 Å². The van der Waals surface area contributed by atoms with Crippen LogP contribution in [0.5, 0.6) is 0 Å². The quantitative estimate of drug-likeness (QED) is 0.848. The van der Waals surface area contributed by atoms with Crippen LogP contribution in [-0.4, -0.2) is 30.1 Å². The van der Waals surface area contributed by atoms with Crippen LogP contribution in [0.25, 0.3) is 0 Å². The van der Waals surface area contributed by atoms with Gasteiger partial charge < -0.3 is 10.1 Å². The van der Waals surface area contributed by atoms with Gasteiger partial charge in [-0.25, -0.2) is 9.59 Å². The van der Waals surface area contributed by atoms with Crippen LogP contribution in [0, 0.1) is 5.92 Å². The number of nitrogens with one attached hydrogen (secondary N) is 1. The molecule has 0 saturated carbocycles. The van der Waals surface area contributed by atoms with Gasteiger partial charge in [-0.15, -0.1) is 0 Å². The highest BCUT2D eigenvalue weighted by atomic mass is 16.5. The number of benzene rings is 1. The van der Waals surface area contributed by atoms with E-state index in [2.05, 4.69) is 5.32 Å². The third-order valence-electron chi connectivity index (χ3n) is 3.77. The SMILES string of the molecule is CCOC(=O)C1=C(C)N(CC(C)C)C(=O)N[C@@H]1c1ccccc1. The van der Waals surface area contributed by atoms with Crippen molar-refractivity contribution in [1.82, 2.24) is 10.2 Å². The molecular weight excluding hydrogens is 292 g/mol. The van der Waals surface area contributed by atoms with Crippen molar-refractivity contribution in [3.63, 3.8) is 0 Å². The van der Waals surface area contributed by atoms with E-state index in [1.54, 1.807) is 11.8 Å². The second-order valence-electron chi connectivity index (χ2n) is 6.02. The molecule has 1 N–H and O–H groups in total. The molecule has 2 amide bonds. The zero-order valence-corrected chi connectivity index (χ0v) is 14.1. The second-order valence-corrected chi connectivity index (χ2v) is 6.02. The van der Waals surface area contributed by atoms with Gasteiger partial charge in [0, 0.05) is 12.2 Å². The van der Waals surface area contributed by atoms with E-state index in [1.807, 2.05) is 51.1 Å². The molecule has 1 atom stereocenters. The molecule has 0 bridgehead atoms. The lowest BCUT2D eigenvalue weighted by Gasteiger charge is -2.36. The number of nitrogens with zero attached hydrogens (tertiary/aromatic N) is 1. The van der Waals surface area contributed by atoms with Crippen molar-refractivity contribution in [3.05, 3.63) is 47.2 Å². The van der Waals surface area contributed by atoms with Gasteiger partial charge in [0.05, 0.1) is 18.2 Å². The molecule has 1 aromatic carbocycles. The number of carbonyl (C=O) groups is 2. The fourth-order valence-corrected chi connectivity index (χ4v) is 2.74. The first-order valence-electron chi connectivity index (χ1n) is 7.96. The summed E-state index contributed by atoms with van der Waals surface area (Å²) in [6.07, 6.45) is 0. The molecule has 5 heteroatoms. The molecular formula is C18H24N2O3. The maximum Gasteiger partial charge on any atom is 0.338 e. The van der Waals surface area contributed by atoms with E-state index in [-0.39, 0.29) is 12.0 Å². The van der Waals surface area contributed by atoms with Crippen molar-refractivity contribution in [2.24, 2.45) is 5.92 Å². The monoisotopic (exact) mass is 316 g/mol. The lowest BCUT2D eigenvalue weighted by atomic mass is 9.94. The molecule has 1 aliphatic rings. The summed E-state index contributed by atoms with van der Waals surface area (Å²) in [6.45, 7) is 8.51. The highest BCUT2D eigenvalue weighted by Crippen LogP contribution is 2.31. The number of carbonyl (C=O) groups excluding carboxylic acids is 2. The van der Waals surface area contributed by atoms with Crippen LogP contribution in [0.1, 0.15) is 39.3 Å². The minimum absolute atomic E-state index is 0.182. The zero-order chi connectivity index (χ0) is 17.0. The lowest BCUT2D eigenvalue weighted by Crippen LogP contribution is -2.49. The van der Waals surface area contributed by atoms with Crippen LogP contribution in [0.15, 0.2) is 41.6 Å². The first-order valence-corrected chi connectivity index (χ1v) is 7.96. The standard InChI is InChI=1S/C18H24N2O3/c1-5-23-17(21)15-13(4)20(11-12(2)3)18(22)19-16(15)14-9-7-6-8-10-14/h6-10,12,16H,5,11H2,1-4H3,(H,19,22)/t16-/m1/s1. The van der Waals surface area contributed by atoms with E-state index in [0.29, 0.717) is 30.3 Å². The molecule has 0 aliphatic carbocycles. The van der Waals surface area contributed by atoms with Crippen molar-refractivity contribution in [2.75, 3.05) is 13.2 Å². The number of ether oxygens (including phenoxy) is 1. The average molecular weight is 316 g/mol. The number of hydrogen-bond acceptors (Lipinski definition) is 3. The minimum atomic E-state index is -0.480. The van der Waals surface area contributed by atoms with E-state index in [0.717, 1.165) is 5.56 Å². The zero-order valence-electron chi connectivity index (χ0n) is 14.1. The smallest absolute Gasteiger partial charge is 0.338 e. The van der Waals surface area contributed by atoms with Gasteiger partial charge in [0.1, 0.15) is 0 Å². The van der Waals surface area contributed by atoms with Gasteiger partial charge in [-0.2, -0.15) is 0 Å². The highest BCUT2D eigenvalue weighted by Gasteiger charge is 2.36. The summed E-state index contributed by atoms with van der Waals surface area (Å²) < 4.78 is 5.22. The van der Waals surface area contributed by atoms with Crippen LogP contribution in [0.3, 0.4) is 0 Å². The Hall–Kier alpha value is -2.30. The lowest BCUT2D eigenvalue weighted by molar-refractivity contribution is -0.139. The molecule has 0 saturated heterocycles. The van der Waals surface area contributed by atoms with E-state index in [9.17, 15) is 9.59 Å². The van der Waals surface area contributed by atoms with Crippen molar-refractivity contribution in [3.8, 4) is 0 Å². The minimum Gasteiger partial charge on any atom is -0.463 e. The van der Waals surface area contributed by atoms with Gasteiger partial charge in [0.25, 0.3) is 0 Å². The molecule has 0 aromatic heterocycles. The van der Waals surface area contributed by atoms with E-state index >= 15 is 0 Å². The molecule has 1 aromatic rings. The van der Waals surface area contributed by atoms with Crippen LogP contribution in [0.4, 0.5) is 4.79 Å². The third-order valence-corrected chi connectivity index (χ3v) is 3.77. The van der Waals surface area contributed by atoms with Gasteiger partial charge in [0.15, 0.2) is 0 Å². The summed E-state index contributed by atoms with van der Waals surface area (Å²) in [5, 5.41) is 2.94. The number of urea groups is 1. The Morgan fingerprint density at radius 1 is 1.30 bits per heavy atom. The largest absolute Gasteiger partial charge is 0.463 e. The Labute approximate surface area is 137 Å². The number of hydrogen-bond donors (Lipinski definition) is 1. The number of amides is 2. The normalized spacial score (nSPS) is 18.2. The maximum atomic E-state index is 12.5. The second kappa shape index (κ2) is 7.31. The first kappa shape index (κ1) is 17.1. The molecule has 23 heavy (non-hydrogen) atoms. The van der Waals surface area contributed by atoms with Crippen LogP contribution in [-0.2, 0) is 9.53 Å². The summed E-state index contributed by atoms with van der Waals surface area (Å²) in [6, 6.07) is 8.81. The van der Waals surface area contributed by atoms with E-state index in [4.69, 9.17) is 4.74 Å². The fourth-order valence-electron chi connectivity index (χ4n) is 2.74. The summed E-state index contributed by atoms with van der Waals surface area (Å²) in [4.78, 5) is 26.6. The van der Waals surface area contributed by atoms with E-state index in [1.165, 1.54) is 0 Å². The molecule has 1 aliphatic heterocycles. The molecule has 2 rings (SSSR count). The Morgan fingerprint density at radius 3 is 2.52 bits per heavy atom. The fraction of sp³-hybridized carbons (Fsp3) is 0.444. The van der Waals surface area contributed by atoms with Crippen LogP contribution in [0.2, 0.25) is 0 Å². The van der Waals surface area contributed by atoms with Gasteiger partial charge in [-0.1, -0.05) is 44.2 Å². The molecule has 5 nitrogen and oxygen atoms in total. The summed E-state index contributed by atoms with van der Waals surface area (Å²) in [7, 11) is 0. The Morgan fingerprint density at radius 2 is 1.96 bits per heavy atom. The predicted molar refractivity (Wildman–Crippen MR) is 88.6 cm³/mol. The summed E-state index contributed by atoms with van der Waals surface area (Å²) in [5.74, 6) is -0.0833. The number of rotatable bonds is 5. The Balaban J connectivity index is 2.48. The van der Waals surface area contributed by atoms with Crippen LogP contribution >= 0.6 is 0 Å². The van der Waals surface area contributed by atoms with Crippen molar-refractivity contribution >= 4 is 12.0 Å². The third kappa shape index (κ3) is 3.73. The highest BCUT2D eigenvalue weighted by molar-refractivity contribution is 5.95. The van der Waals surface area contributed by atoms with Crippen molar-refractivity contribution < 1.29 is 14.3 Å². The van der Waals surface area contributed by atoms with Gasteiger partial charge in [-0.3, -0.25) is 4.90 Å². The molecule has 1 heterocycles. The Bertz CT molecular complexity index is 608. The van der Waals surface area contributed by atoms with Gasteiger partial charge in [-0.05, 0) is 25.3 Å². The summed E-state index contributed by atoms with van der Waals surface area (Å²) >= 11 is 0. The summed E-state index contributed by atoms with van der Waals surface area (Å²) in [5.41, 5.74) is 2.03. The van der Waals surface area contributed by atoms with Crippen LogP contribution < -0.4 is 5.32 Å². The first-order chi connectivity index (χ1) is 11.0. The maximum absolute atomic E-state index is 12.5. The number of allylic oxidation sites excluding steroid dienone is 1. The predicted octanol–water partition coefficient (Wildman–Crippen LogP) is 3.25. The average Bonchev–Trinajstić information content (AvgIpc) is 2.51. The topological polar surface area (TPSA) is 58.6 Å². The molecule has 0 radical (unpaired) electrons. The molecule has 0 unspecified atom stereocenters. The molecule has 0 fully saturated rings. The van der Waals surface area contributed by atoms with E-state index < -0.39 is 6.04 Å². The van der Waals surface area contributed by atoms with Crippen molar-refractivity contribution in [2.45, 2.75) is 33.7 Å².